The molecule has 1 aliphatic carbocycles. The summed E-state index contributed by atoms with van der Waals surface area (Å²) in [7, 11) is 0. The monoisotopic (exact) mass is 285 g/mol. The molecule has 1 aliphatic rings. The first-order chi connectivity index (χ1) is 9.61. The molecular weight excluding hydrogens is 266 g/mol. The van der Waals surface area contributed by atoms with Crippen molar-refractivity contribution < 1.29 is 0 Å². The smallest absolute Gasteiger partial charge is 0.0410 e. The van der Waals surface area contributed by atoms with Crippen LogP contribution in [-0.2, 0) is 0 Å². The van der Waals surface area contributed by atoms with Gasteiger partial charge < -0.3 is 5.32 Å². The maximum Gasteiger partial charge on any atom is 0.0410 e. The zero-order chi connectivity index (χ0) is 14.1. The summed E-state index contributed by atoms with van der Waals surface area (Å²) in [5, 5.41) is 4.43. The second-order valence-electron chi connectivity index (χ2n) is 5.88. The first-order valence-electron chi connectivity index (χ1n) is 7.21. The second kappa shape index (κ2) is 5.49. The van der Waals surface area contributed by atoms with Crippen LogP contribution in [-0.4, -0.2) is 6.04 Å². The summed E-state index contributed by atoms with van der Waals surface area (Å²) in [6.45, 7) is 4.24. The van der Waals surface area contributed by atoms with Crippen molar-refractivity contribution in [1.82, 2.24) is 0 Å². The third-order valence-electron chi connectivity index (χ3n) is 4.23. The van der Waals surface area contributed by atoms with E-state index in [0.717, 1.165) is 5.02 Å². The van der Waals surface area contributed by atoms with Crippen LogP contribution in [0, 0.1) is 13.8 Å². The van der Waals surface area contributed by atoms with Crippen LogP contribution < -0.4 is 5.32 Å². The van der Waals surface area contributed by atoms with E-state index in [4.69, 9.17) is 11.6 Å². The van der Waals surface area contributed by atoms with Gasteiger partial charge >= 0.3 is 0 Å². The molecule has 0 aliphatic heterocycles. The number of hydrogen-bond donors (Lipinski definition) is 1. The van der Waals surface area contributed by atoms with E-state index in [-0.39, 0.29) is 0 Å². The number of rotatable bonds is 3. The number of anilines is 1. The molecule has 0 bridgehead atoms. The molecule has 3 rings (SSSR count). The van der Waals surface area contributed by atoms with Crippen LogP contribution in [0.15, 0.2) is 42.5 Å². The Labute approximate surface area is 126 Å². The third kappa shape index (κ3) is 2.83. The Morgan fingerprint density at radius 2 is 1.70 bits per heavy atom. The Hall–Kier alpha value is -1.47. The van der Waals surface area contributed by atoms with Crippen molar-refractivity contribution in [3.8, 4) is 0 Å². The zero-order valence-corrected chi connectivity index (χ0v) is 12.7. The molecule has 0 radical (unpaired) electrons. The van der Waals surface area contributed by atoms with Crippen LogP contribution in [0.2, 0.25) is 5.02 Å². The molecule has 1 N–H and O–H groups in total. The van der Waals surface area contributed by atoms with Crippen molar-refractivity contribution in [2.45, 2.75) is 38.6 Å². The quantitative estimate of drug-likeness (QED) is 0.805. The van der Waals surface area contributed by atoms with Gasteiger partial charge in [-0.3, -0.25) is 0 Å². The second-order valence-corrected chi connectivity index (χ2v) is 6.32. The molecule has 2 aromatic carbocycles. The molecule has 0 unspecified atom stereocenters. The summed E-state index contributed by atoms with van der Waals surface area (Å²) in [5.74, 6) is 0.709. The summed E-state index contributed by atoms with van der Waals surface area (Å²) >= 11 is 5.99. The van der Waals surface area contributed by atoms with Gasteiger partial charge in [0.05, 0.1) is 0 Å². The van der Waals surface area contributed by atoms with E-state index in [9.17, 15) is 0 Å². The van der Waals surface area contributed by atoms with Gasteiger partial charge in [-0.2, -0.15) is 0 Å². The highest BCUT2D eigenvalue weighted by atomic mass is 35.5. The van der Waals surface area contributed by atoms with Crippen LogP contribution in [0.5, 0.6) is 0 Å². The van der Waals surface area contributed by atoms with E-state index >= 15 is 0 Å². The molecule has 0 heterocycles. The first-order valence-corrected chi connectivity index (χ1v) is 7.59. The molecular formula is C18H20ClN. The topological polar surface area (TPSA) is 12.0 Å². The highest BCUT2D eigenvalue weighted by Gasteiger charge is 2.30. The van der Waals surface area contributed by atoms with Gasteiger partial charge in [0, 0.05) is 16.8 Å². The van der Waals surface area contributed by atoms with Crippen molar-refractivity contribution in [3.63, 3.8) is 0 Å². The fraction of sp³-hybridized carbons (Fsp3) is 0.333. The minimum Gasteiger partial charge on any atom is -0.382 e. The van der Waals surface area contributed by atoms with Crippen molar-refractivity contribution in [3.05, 3.63) is 64.2 Å². The fourth-order valence-electron chi connectivity index (χ4n) is 2.86. The molecule has 0 amide bonds. The molecule has 2 heteroatoms. The highest BCUT2D eigenvalue weighted by Crippen LogP contribution is 2.39. The lowest BCUT2D eigenvalue weighted by molar-refractivity contribution is 0.374. The van der Waals surface area contributed by atoms with E-state index in [1.54, 1.807) is 0 Å². The van der Waals surface area contributed by atoms with Crippen molar-refractivity contribution in [1.29, 1.82) is 0 Å². The molecule has 1 fully saturated rings. The molecule has 0 saturated heterocycles. The number of halogens is 1. The average Bonchev–Trinajstić information content (AvgIpc) is 2.37. The maximum atomic E-state index is 5.99. The Balaban J connectivity index is 1.59. The standard InChI is InChI=1S/C18H20ClN/c1-12-3-5-14(6-4-12)15-10-17(11-15)20-18-8-7-16(19)9-13(18)2/h3-9,15,17,20H,10-11H2,1-2H3. The highest BCUT2D eigenvalue weighted by molar-refractivity contribution is 6.30. The van der Waals surface area contributed by atoms with Crippen LogP contribution in [0.4, 0.5) is 5.69 Å². The Morgan fingerprint density at radius 3 is 2.35 bits per heavy atom. The largest absolute Gasteiger partial charge is 0.382 e. The van der Waals surface area contributed by atoms with E-state index < -0.39 is 0 Å². The summed E-state index contributed by atoms with van der Waals surface area (Å²) in [5.41, 5.74) is 5.24. The number of benzene rings is 2. The van der Waals surface area contributed by atoms with Crippen molar-refractivity contribution in [2.24, 2.45) is 0 Å². The SMILES string of the molecule is Cc1ccc(C2CC(Nc3ccc(Cl)cc3C)C2)cc1. The fourth-order valence-corrected chi connectivity index (χ4v) is 3.08. The number of hydrogen-bond acceptors (Lipinski definition) is 1. The summed E-state index contributed by atoms with van der Waals surface area (Å²) in [6.07, 6.45) is 2.43. The van der Waals surface area contributed by atoms with Crippen LogP contribution in [0.3, 0.4) is 0 Å². The lowest BCUT2D eigenvalue weighted by Gasteiger charge is -2.37. The minimum absolute atomic E-state index is 0.584. The Bertz CT molecular complexity index is 597. The molecule has 2 aromatic rings. The summed E-state index contributed by atoms with van der Waals surface area (Å²) in [6, 6.07) is 15.6. The maximum absolute atomic E-state index is 5.99. The lowest BCUT2D eigenvalue weighted by Crippen LogP contribution is -2.34. The third-order valence-corrected chi connectivity index (χ3v) is 4.47. The molecule has 0 spiro atoms. The van der Waals surface area contributed by atoms with Gasteiger partial charge in [0.15, 0.2) is 0 Å². The summed E-state index contributed by atoms with van der Waals surface area (Å²) < 4.78 is 0. The van der Waals surface area contributed by atoms with Gasteiger partial charge in [-0.1, -0.05) is 41.4 Å². The van der Waals surface area contributed by atoms with Gasteiger partial charge in [0.25, 0.3) is 0 Å². The molecule has 0 aromatic heterocycles. The normalized spacial score (nSPS) is 21.4. The van der Waals surface area contributed by atoms with Crippen LogP contribution in [0.25, 0.3) is 0 Å². The number of aryl methyl sites for hydroxylation is 2. The van der Waals surface area contributed by atoms with Crippen molar-refractivity contribution >= 4 is 17.3 Å². The van der Waals surface area contributed by atoms with Crippen molar-refractivity contribution in [2.75, 3.05) is 5.32 Å². The van der Waals surface area contributed by atoms with Gasteiger partial charge in [0.1, 0.15) is 0 Å². The van der Waals surface area contributed by atoms with Gasteiger partial charge in [-0.15, -0.1) is 0 Å². The van der Waals surface area contributed by atoms with Crippen LogP contribution >= 0.6 is 11.6 Å². The molecule has 20 heavy (non-hydrogen) atoms. The zero-order valence-electron chi connectivity index (χ0n) is 12.0. The van der Waals surface area contributed by atoms with E-state index in [1.165, 1.54) is 35.2 Å². The average molecular weight is 286 g/mol. The number of nitrogens with one attached hydrogen (secondary N) is 1. The van der Waals surface area contributed by atoms with E-state index in [2.05, 4.69) is 49.5 Å². The minimum atomic E-state index is 0.584. The Kier molecular flexibility index (Phi) is 3.71. The molecule has 1 saturated carbocycles. The molecule has 104 valence electrons. The van der Waals surface area contributed by atoms with E-state index in [0.29, 0.717) is 12.0 Å². The predicted octanol–water partition coefficient (Wildman–Crippen LogP) is 5.31. The van der Waals surface area contributed by atoms with Gasteiger partial charge in [0.2, 0.25) is 0 Å². The molecule has 0 atom stereocenters. The predicted molar refractivity (Wildman–Crippen MR) is 86.8 cm³/mol. The lowest BCUT2D eigenvalue weighted by atomic mass is 9.75. The summed E-state index contributed by atoms with van der Waals surface area (Å²) in [4.78, 5) is 0. The van der Waals surface area contributed by atoms with Gasteiger partial charge in [-0.25, -0.2) is 0 Å². The molecule has 1 nitrogen and oxygen atoms in total. The van der Waals surface area contributed by atoms with Crippen LogP contribution in [0.1, 0.15) is 35.4 Å². The Morgan fingerprint density at radius 1 is 1.00 bits per heavy atom. The van der Waals surface area contributed by atoms with E-state index in [1.807, 2.05) is 12.1 Å². The first kappa shape index (κ1) is 13.5. The van der Waals surface area contributed by atoms with Gasteiger partial charge in [-0.05, 0) is 61.9 Å².